The highest BCUT2D eigenvalue weighted by atomic mass is 32.2. The zero-order chi connectivity index (χ0) is 16.3. The van der Waals surface area contributed by atoms with Crippen molar-refractivity contribution in [2.45, 2.75) is 10.6 Å². The number of anilines is 1. The van der Waals surface area contributed by atoms with Crippen LogP contribution < -0.4 is 4.90 Å². The van der Waals surface area contributed by atoms with E-state index in [1.807, 2.05) is 0 Å². The molecule has 116 valence electrons. The van der Waals surface area contributed by atoms with E-state index in [1.165, 1.54) is 18.2 Å². The molecule has 2 rings (SSSR count). The van der Waals surface area contributed by atoms with Gasteiger partial charge in [0.1, 0.15) is 5.69 Å². The average molecular weight is 320 g/mol. The smallest absolute Gasteiger partial charge is 0.296 e. The third kappa shape index (κ3) is 3.25. The molecule has 0 saturated carbocycles. The largest absolute Gasteiger partial charge is 0.372 e. The number of sulfone groups is 1. The summed E-state index contributed by atoms with van der Waals surface area (Å²) >= 11 is 0. The van der Waals surface area contributed by atoms with Crippen LogP contribution in [0.4, 0.5) is 11.4 Å². The molecular weight excluding hydrogens is 304 g/mol. The molecule has 0 spiro atoms. The molecule has 0 aromatic heterocycles. The van der Waals surface area contributed by atoms with Gasteiger partial charge in [0.25, 0.3) is 5.69 Å². The SMILES string of the molecule is CN(C)c1cccc(CS(=O)(=O)c2ccccc2)c1[N+](=O)[O-]. The van der Waals surface area contributed by atoms with Crippen LogP contribution in [0.25, 0.3) is 0 Å². The second-order valence-electron chi connectivity index (χ2n) is 5.01. The molecule has 0 bridgehead atoms. The lowest BCUT2D eigenvalue weighted by Gasteiger charge is -2.14. The van der Waals surface area contributed by atoms with Crippen molar-refractivity contribution >= 4 is 21.2 Å². The molecule has 0 aliphatic heterocycles. The summed E-state index contributed by atoms with van der Waals surface area (Å²) in [6.07, 6.45) is 0. The van der Waals surface area contributed by atoms with E-state index in [9.17, 15) is 18.5 Å². The summed E-state index contributed by atoms with van der Waals surface area (Å²) in [7, 11) is -0.278. The Labute approximate surface area is 129 Å². The van der Waals surface area contributed by atoms with Crippen LogP contribution >= 0.6 is 0 Å². The minimum atomic E-state index is -3.63. The lowest BCUT2D eigenvalue weighted by Crippen LogP contribution is -2.13. The van der Waals surface area contributed by atoms with Crippen molar-refractivity contribution in [3.05, 3.63) is 64.2 Å². The first-order valence-corrected chi connectivity index (χ1v) is 8.19. The number of rotatable bonds is 5. The number of nitro benzene ring substituents is 1. The first-order chi connectivity index (χ1) is 10.3. The fourth-order valence-electron chi connectivity index (χ4n) is 2.18. The maximum absolute atomic E-state index is 12.4. The number of benzene rings is 2. The number of nitrogens with zero attached hydrogens (tertiary/aromatic N) is 2. The summed E-state index contributed by atoms with van der Waals surface area (Å²) in [6, 6.07) is 12.6. The monoisotopic (exact) mass is 320 g/mol. The van der Waals surface area contributed by atoms with Gasteiger partial charge in [0.15, 0.2) is 9.84 Å². The minimum Gasteiger partial charge on any atom is -0.372 e. The maximum atomic E-state index is 12.4. The molecule has 0 heterocycles. The quantitative estimate of drug-likeness (QED) is 0.625. The van der Waals surface area contributed by atoms with Crippen molar-refractivity contribution in [2.75, 3.05) is 19.0 Å². The molecule has 0 N–H and O–H groups in total. The highest BCUT2D eigenvalue weighted by Crippen LogP contribution is 2.32. The van der Waals surface area contributed by atoms with Gasteiger partial charge in [0.05, 0.1) is 15.6 Å². The summed E-state index contributed by atoms with van der Waals surface area (Å²) in [4.78, 5) is 12.6. The average Bonchev–Trinajstić information content (AvgIpc) is 2.47. The van der Waals surface area contributed by atoms with Crippen molar-refractivity contribution in [3.8, 4) is 0 Å². The van der Waals surface area contributed by atoms with Crippen LogP contribution in [0.2, 0.25) is 0 Å². The molecule has 22 heavy (non-hydrogen) atoms. The maximum Gasteiger partial charge on any atom is 0.296 e. The lowest BCUT2D eigenvalue weighted by molar-refractivity contribution is -0.384. The predicted octanol–water partition coefficient (Wildman–Crippen LogP) is 2.63. The summed E-state index contributed by atoms with van der Waals surface area (Å²) in [6.45, 7) is 0. The van der Waals surface area contributed by atoms with Gasteiger partial charge in [-0.25, -0.2) is 8.42 Å². The molecule has 0 aliphatic carbocycles. The second kappa shape index (κ2) is 6.15. The van der Waals surface area contributed by atoms with E-state index < -0.39 is 20.5 Å². The number of para-hydroxylation sites is 1. The van der Waals surface area contributed by atoms with E-state index in [1.54, 1.807) is 49.3 Å². The van der Waals surface area contributed by atoms with Crippen LogP contribution in [0, 0.1) is 10.1 Å². The Bertz CT molecular complexity index is 786. The highest BCUT2D eigenvalue weighted by molar-refractivity contribution is 7.90. The van der Waals surface area contributed by atoms with Gasteiger partial charge < -0.3 is 4.90 Å². The predicted molar refractivity (Wildman–Crippen MR) is 84.8 cm³/mol. The lowest BCUT2D eigenvalue weighted by atomic mass is 10.1. The molecule has 0 aliphatic rings. The van der Waals surface area contributed by atoms with Gasteiger partial charge in [0.2, 0.25) is 0 Å². The topological polar surface area (TPSA) is 80.5 Å². The number of nitro groups is 1. The zero-order valence-electron chi connectivity index (χ0n) is 12.3. The molecule has 0 saturated heterocycles. The van der Waals surface area contributed by atoms with Gasteiger partial charge >= 0.3 is 0 Å². The van der Waals surface area contributed by atoms with Crippen molar-refractivity contribution in [3.63, 3.8) is 0 Å². The fraction of sp³-hybridized carbons (Fsp3) is 0.200. The van der Waals surface area contributed by atoms with Gasteiger partial charge in [0, 0.05) is 19.7 Å². The molecule has 0 unspecified atom stereocenters. The van der Waals surface area contributed by atoms with Crippen molar-refractivity contribution in [1.82, 2.24) is 0 Å². The third-order valence-electron chi connectivity index (χ3n) is 3.21. The van der Waals surface area contributed by atoms with Crippen LogP contribution in [0.5, 0.6) is 0 Å². The van der Waals surface area contributed by atoms with Crippen LogP contribution in [0.3, 0.4) is 0 Å². The molecule has 7 heteroatoms. The minimum absolute atomic E-state index is 0.152. The Balaban J connectivity index is 2.51. The fourth-order valence-corrected chi connectivity index (χ4v) is 3.56. The summed E-state index contributed by atoms with van der Waals surface area (Å²) < 4.78 is 24.8. The molecule has 2 aromatic rings. The first-order valence-electron chi connectivity index (χ1n) is 6.54. The van der Waals surface area contributed by atoms with E-state index in [-0.39, 0.29) is 16.1 Å². The molecule has 2 aromatic carbocycles. The summed E-state index contributed by atoms with van der Waals surface area (Å²) in [5.74, 6) is -0.408. The molecular formula is C15H16N2O4S. The van der Waals surface area contributed by atoms with Gasteiger partial charge in [-0.3, -0.25) is 10.1 Å². The van der Waals surface area contributed by atoms with Gasteiger partial charge in [-0.1, -0.05) is 30.3 Å². The van der Waals surface area contributed by atoms with Crippen LogP contribution in [0.15, 0.2) is 53.4 Å². The van der Waals surface area contributed by atoms with Crippen LogP contribution in [-0.4, -0.2) is 27.4 Å². The molecule has 0 atom stereocenters. The third-order valence-corrected chi connectivity index (χ3v) is 4.89. The molecule has 0 amide bonds. The second-order valence-corrected chi connectivity index (χ2v) is 7.00. The zero-order valence-corrected chi connectivity index (χ0v) is 13.1. The molecule has 0 radical (unpaired) electrons. The van der Waals surface area contributed by atoms with Crippen molar-refractivity contribution in [2.24, 2.45) is 0 Å². The van der Waals surface area contributed by atoms with Crippen LogP contribution in [-0.2, 0) is 15.6 Å². The van der Waals surface area contributed by atoms with E-state index in [4.69, 9.17) is 0 Å². The highest BCUT2D eigenvalue weighted by Gasteiger charge is 2.25. The first kappa shape index (κ1) is 16.0. The van der Waals surface area contributed by atoms with Crippen LogP contribution in [0.1, 0.15) is 5.56 Å². The van der Waals surface area contributed by atoms with Gasteiger partial charge in [-0.15, -0.1) is 0 Å². The van der Waals surface area contributed by atoms with Gasteiger partial charge in [-0.05, 0) is 18.2 Å². The van der Waals surface area contributed by atoms with E-state index in [0.717, 1.165) is 0 Å². The Hall–Kier alpha value is -2.41. The summed E-state index contributed by atoms with van der Waals surface area (Å²) in [5, 5.41) is 11.4. The number of hydrogen-bond donors (Lipinski definition) is 0. The van der Waals surface area contributed by atoms with E-state index in [0.29, 0.717) is 5.69 Å². The number of hydrogen-bond acceptors (Lipinski definition) is 5. The molecule has 6 nitrogen and oxygen atoms in total. The normalized spacial score (nSPS) is 11.2. The van der Waals surface area contributed by atoms with E-state index >= 15 is 0 Å². The Kier molecular flexibility index (Phi) is 4.46. The van der Waals surface area contributed by atoms with Gasteiger partial charge in [-0.2, -0.15) is 0 Å². The standard InChI is InChI=1S/C15H16N2O4S/c1-16(2)14-10-6-7-12(15(14)17(18)19)11-22(20,21)13-8-4-3-5-9-13/h3-10H,11H2,1-2H3. The van der Waals surface area contributed by atoms with Crippen molar-refractivity contribution < 1.29 is 13.3 Å². The summed E-state index contributed by atoms with van der Waals surface area (Å²) in [5.41, 5.74) is 0.387. The van der Waals surface area contributed by atoms with Crippen molar-refractivity contribution in [1.29, 1.82) is 0 Å². The van der Waals surface area contributed by atoms with E-state index in [2.05, 4.69) is 0 Å². The Morgan fingerprint density at radius 1 is 1.05 bits per heavy atom. The molecule has 0 fully saturated rings. The Morgan fingerprint density at radius 2 is 1.68 bits per heavy atom. The Morgan fingerprint density at radius 3 is 2.23 bits per heavy atom.